The lowest BCUT2D eigenvalue weighted by molar-refractivity contribution is 0.158. The van der Waals surface area contributed by atoms with Crippen LogP contribution < -0.4 is 0 Å². The zero-order chi connectivity index (χ0) is 10.8. The Bertz CT molecular complexity index is 335. The highest BCUT2D eigenvalue weighted by molar-refractivity contribution is 5.17. The minimum Gasteiger partial charge on any atom is -0.380 e. The molecule has 1 aromatic heterocycles. The molecule has 2 atom stereocenters. The third kappa shape index (κ3) is 1.97. The fraction of sp³-hybridized carbons (Fsp3) is 0.615. The molecule has 2 fully saturated rings. The molecule has 1 aromatic rings. The maximum atomic E-state index is 5.46. The molecule has 3 rings (SSSR count). The van der Waals surface area contributed by atoms with Crippen LogP contribution in [0.5, 0.6) is 0 Å². The molecule has 0 bridgehead atoms. The van der Waals surface area contributed by atoms with E-state index in [1.54, 1.807) is 0 Å². The van der Waals surface area contributed by atoms with Crippen LogP contribution in [0.3, 0.4) is 0 Å². The van der Waals surface area contributed by atoms with Crippen LogP contribution in [0, 0.1) is 0 Å². The van der Waals surface area contributed by atoms with E-state index in [-0.39, 0.29) is 0 Å². The summed E-state index contributed by atoms with van der Waals surface area (Å²) in [5.41, 5.74) is 1.44. The van der Waals surface area contributed by atoms with E-state index in [0.29, 0.717) is 12.0 Å². The first-order valence-electron chi connectivity index (χ1n) is 6.15. The molecule has 0 N–H and O–H groups in total. The summed E-state index contributed by atoms with van der Waals surface area (Å²) in [4.78, 5) is 6.67. The van der Waals surface area contributed by atoms with Crippen molar-refractivity contribution in [2.24, 2.45) is 0 Å². The lowest BCUT2D eigenvalue weighted by atomic mass is 10.00. The Hall–Kier alpha value is -0.930. The van der Waals surface area contributed by atoms with Gasteiger partial charge in [-0.05, 0) is 43.0 Å². The van der Waals surface area contributed by atoms with Crippen LogP contribution in [-0.4, -0.2) is 42.2 Å². The third-order valence-corrected chi connectivity index (χ3v) is 3.82. The van der Waals surface area contributed by atoms with Gasteiger partial charge in [-0.2, -0.15) is 0 Å². The van der Waals surface area contributed by atoms with Crippen molar-refractivity contribution in [3.05, 3.63) is 30.1 Å². The molecule has 3 heterocycles. The monoisotopic (exact) mass is 218 g/mol. The van der Waals surface area contributed by atoms with Crippen molar-refractivity contribution in [3.63, 3.8) is 0 Å². The summed E-state index contributed by atoms with van der Waals surface area (Å²) < 4.78 is 5.46. The van der Waals surface area contributed by atoms with Crippen molar-refractivity contribution in [1.82, 2.24) is 9.88 Å². The van der Waals surface area contributed by atoms with Gasteiger partial charge in [0.15, 0.2) is 0 Å². The zero-order valence-corrected chi connectivity index (χ0v) is 9.51. The molecule has 2 saturated heterocycles. The number of likely N-dealkylation sites (tertiary alicyclic amines) is 1. The minimum absolute atomic E-state index is 0.673. The van der Waals surface area contributed by atoms with Gasteiger partial charge in [0.05, 0.1) is 6.61 Å². The SMILES string of the molecule is c1cc(C2CCN(C3CCOC3)C2)ccn1. The Balaban J connectivity index is 1.64. The van der Waals surface area contributed by atoms with Crippen molar-refractivity contribution in [2.45, 2.75) is 24.8 Å². The van der Waals surface area contributed by atoms with E-state index in [4.69, 9.17) is 4.74 Å². The van der Waals surface area contributed by atoms with Crippen molar-refractivity contribution < 1.29 is 4.74 Å². The molecule has 0 radical (unpaired) electrons. The number of hydrogen-bond acceptors (Lipinski definition) is 3. The highest BCUT2D eigenvalue weighted by Gasteiger charge is 2.30. The second-order valence-corrected chi connectivity index (χ2v) is 4.78. The maximum absolute atomic E-state index is 5.46. The summed E-state index contributed by atoms with van der Waals surface area (Å²) in [6, 6.07) is 4.98. The van der Waals surface area contributed by atoms with E-state index in [9.17, 15) is 0 Å². The molecule has 0 amide bonds. The molecule has 0 saturated carbocycles. The van der Waals surface area contributed by atoms with Gasteiger partial charge in [0.1, 0.15) is 0 Å². The molecule has 0 aromatic carbocycles. The van der Waals surface area contributed by atoms with Gasteiger partial charge in [0, 0.05) is 31.6 Å². The van der Waals surface area contributed by atoms with E-state index < -0.39 is 0 Å². The van der Waals surface area contributed by atoms with E-state index >= 15 is 0 Å². The lowest BCUT2D eigenvalue weighted by Gasteiger charge is -2.22. The van der Waals surface area contributed by atoms with Crippen LogP contribution in [0.15, 0.2) is 24.5 Å². The average Bonchev–Trinajstić information content (AvgIpc) is 3.01. The van der Waals surface area contributed by atoms with Gasteiger partial charge in [-0.1, -0.05) is 0 Å². The quantitative estimate of drug-likeness (QED) is 0.755. The standard InChI is InChI=1S/C13H18N2O/c1-5-14-6-2-11(1)12-3-7-15(9-12)13-4-8-16-10-13/h1-2,5-6,12-13H,3-4,7-10H2. The predicted molar refractivity (Wildman–Crippen MR) is 62.4 cm³/mol. The van der Waals surface area contributed by atoms with Crippen LogP contribution in [0.1, 0.15) is 24.3 Å². The van der Waals surface area contributed by atoms with E-state index in [0.717, 1.165) is 13.2 Å². The molecule has 0 spiro atoms. The van der Waals surface area contributed by atoms with E-state index in [1.807, 2.05) is 12.4 Å². The number of aromatic nitrogens is 1. The van der Waals surface area contributed by atoms with Crippen LogP contribution in [-0.2, 0) is 4.74 Å². The molecule has 2 aliphatic heterocycles. The highest BCUT2D eigenvalue weighted by atomic mass is 16.5. The Morgan fingerprint density at radius 1 is 1.25 bits per heavy atom. The third-order valence-electron chi connectivity index (χ3n) is 3.82. The van der Waals surface area contributed by atoms with Crippen LogP contribution in [0.25, 0.3) is 0 Å². The van der Waals surface area contributed by atoms with Gasteiger partial charge in [-0.25, -0.2) is 0 Å². The fourth-order valence-corrected chi connectivity index (χ4v) is 2.84. The van der Waals surface area contributed by atoms with Crippen molar-refractivity contribution in [3.8, 4) is 0 Å². The van der Waals surface area contributed by atoms with Gasteiger partial charge in [-0.15, -0.1) is 0 Å². The molecular formula is C13H18N2O. The normalized spacial score (nSPS) is 31.0. The van der Waals surface area contributed by atoms with Gasteiger partial charge in [-0.3, -0.25) is 9.88 Å². The summed E-state index contributed by atoms with van der Waals surface area (Å²) in [6.45, 7) is 4.29. The van der Waals surface area contributed by atoms with Gasteiger partial charge in [0.25, 0.3) is 0 Å². The summed E-state index contributed by atoms with van der Waals surface area (Å²) in [7, 11) is 0. The first-order valence-corrected chi connectivity index (χ1v) is 6.15. The van der Waals surface area contributed by atoms with Crippen molar-refractivity contribution >= 4 is 0 Å². The first kappa shape index (κ1) is 10.2. The van der Waals surface area contributed by atoms with Crippen LogP contribution in [0.4, 0.5) is 0 Å². The summed E-state index contributed by atoms with van der Waals surface area (Å²) in [5.74, 6) is 0.698. The van der Waals surface area contributed by atoms with Crippen molar-refractivity contribution in [1.29, 1.82) is 0 Å². The molecule has 16 heavy (non-hydrogen) atoms. The van der Waals surface area contributed by atoms with Crippen molar-refractivity contribution in [2.75, 3.05) is 26.3 Å². The summed E-state index contributed by atoms with van der Waals surface area (Å²) in [6.07, 6.45) is 6.29. The van der Waals surface area contributed by atoms with Crippen LogP contribution >= 0.6 is 0 Å². The molecule has 3 nitrogen and oxygen atoms in total. The molecule has 86 valence electrons. The van der Waals surface area contributed by atoms with Gasteiger partial charge in [0.2, 0.25) is 0 Å². The number of pyridine rings is 1. The molecular weight excluding hydrogens is 200 g/mol. The Labute approximate surface area is 96.4 Å². The maximum Gasteiger partial charge on any atom is 0.0622 e. The lowest BCUT2D eigenvalue weighted by Crippen LogP contribution is -2.33. The summed E-state index contributed by atoms with van der Waals surface area (Å²) >= 11 is 0. The predicted octanol–water partition coefficient (Wildman–Crippen LogP) is 1.66. The number of nitrogens with zero attached hydrogens (tertiary/aromatic N) is 2. The minimum atomic E-state index is 0.673. The molecule has 3 heteroatoms. The molecule has 0 aliphatic carbocycles. The Kier molecular flexibility index (Phi) is 2.89. The second kappa shape index (κ2) is 4.52. The second-order valence-electron chi connectivity index (χ2n) is 4.78. The number of rotatable bonds is 2. The highest BCUT2D eigenvalue weighted by Crippen LogP contribution is 2.29. The first-order chi connectivity index (χ1) is 7.93. The van der Waals surface area contributed by atoms with Gasteiger partial charge < -0.3 is 4.74 Å². The topological polar surface area (TPSA) is 25.4 Å². The van der Waals surface area contributed by atoms with Crippen LogP contribution in [0.2, 0.25) is 0 Å². The Morgan fingerprint density at radius 3 is 2.88 bits per heavy atom. The largest absolute Gasteiger partial charge is 0.380 e. The number of hydrogen-bond donors (Lipinski definition) is 0. The zero-order valence-electron chi connectivity index (χ0n) is 9.51. The Morgan fingerprint density at radius 2 is 2.12 bits per heavy atom. The van der Waals surface area contributed by atoms with E-state index in [2.05, 4.69) is 22.0 Å². The fourth-order valence-electron chi connectivity index (χ4n) is 2.84. The van der Waals surface area contributed by atoms with E-state index in [1.165, 1.54) is 31.5 Å². The average molecular weight is 218 g/mol. The molecule has 2 unspecified atom stereocenters. The number of ether oxygens (including phenoxy) is 1. The smallest absolute Gasteiger partial charge is 0.0622 e. The molecule has 2 aliphatic rings. The summed E-state index contributed by atoms with van der Waals surface area (Å²) in [5, 5.41) is 0. The van der Waals surface area contributed by atoms with Gasteiger partial charge >= 0.3 is 0 Å².